The molecule has 0 bridgehead atoms. The minimum atomic E-state index is -1.37. The van der Waals surface area contributed by atoms with E-state index in [0.717, 1.165) is 0 Å². The van der Waals surface area contributed by atoms with Crippen LogP contribution in [0.25, 0.3) is 0 Å². The molecule has 11 nitrogen and oxygen atoms in total. The van der Waals surface area contributed by atoms with E-state index in [1.165, 1.54) is 0 Å². The molecule has 33 heavy (non-hydrogen) atoms. The quantitative estimate of drug-likeness (QED) is 0.168. The van der Waals surface area contributed by atoms with E-state index in [2.05, 4.69) is 28.6 Å². The van der Waals surface area contributed by atoms with Crippen LogP contribution >= 0.6 is 12.6 Å². The molecular weight excluding hydrogens is 450 g/mol. The monoisotopic (exact) mass is 481 g/mol. The second-order valence-electron chi connectivity index (χ2n) is 7.84. The lowest BCUT2D eigenvalue weighted by Crippen LogP contribution is -2.59. The second-order valence-corrected chi connectivity index (χ2v) is 8.21. The Hall–Kier alpha value is -3.12. The lowest BCUT2D eigenvalue weighted by atomic mass is 10.0. The molecule has 1 rings (SSSR count). The van der Waals surface area contributed by atoms with E-state index in [9.17, 15) is 29.1 Å². The molecule has 4 unspecified atom stereocenters. The van der Waals surface area contributed by atoms with Gasteiger partial charge in [-0.3, -0.25) is 19.2 Å². The van der Waals surface area contributed by atoms with Crippen molar-refractivity contribution >= 4 is 42.2 Å². The van der Waals surface area contributed by atoms with Gasteiger partial charge in [-0.1, -0.05) is 44.2 Å². The Morgan fingerprint density at radius 2 is 1.52 bits per heavy atom. The first-order valence-electron chi connectivity index (χ1n) is 10.3. The standard InChI is InChI=1S/C21H31N5O6S/c1-11(2)17(20(30)25-15(21(31)32)8-12-6-4-3-5-7-12)26-19(29)14(9-16(23)27)24-18(28)13(22)10-33/h3-7,11,13-15,17,33H,8-10,22H2,1-2H3,(H2,23,27)(H,24,28)(H,25,30)(H,26,29)(H,31,32). The van der Waals surface area contributed by atoms with Crippen molar-refractivity contribution in [2.75, 3.05) is 5.75 Å². The maximum atomic E-state index is 12.8. The van der Waals surface area contributed by atoms with Crippen LogP contribution in [-0.2, 0) is 30.4 Å². The average molecular weight is 482 g/mol. The number of carboxylic acid groups (broad SMARTS) is 1. The molecule has 0 radical (unpaired) electrons. The highest BCUT2D eigenvalue weighted by molar-refractivity contribution is 7.80. The summed E-state index contributed by atoms with van der Waals surface area (Å²) < 4.78 is 0. The number of thiol groups is 1. The Labute approximate surface area is 197 Å². The summed E-state index contributed by atoms with van der Waals surface area (Å²) in [6.07, 6.45) is -0.474. The number of hydrogen-bond donors (Lipinski definition) is 7. The van der Waals surface area contributed by atoms with Crippen LogP contribution in [0.3, 0.4) is 0 Å². The van der Waals surface area contributed by atoms with Gasteiger partial charge in [0.2, 0.25) is 23.6 Å². The number of hydrogen-bond acceptors (Lipinski definition) is 7. The van der Waals surface area contributed by atoms with Crippen LogP contribution in [0.15, 0.2) is 30.3 Å². The number of carbonyl (C=O) groups is 5. The van der Waals surface area contributed by atoms with Crippen molar-refractivity contribution in [3.05, 3.63) is 35.9 Å². The lowest BCUT2D eigenvalue weighted by Gasteiger charge is -2.26. The summed E-state index contributed by atoms with van der Waals surface area (Å²) in [4.78, 5) is 60.7. The number of amides is 4. The molecule has 0 aliphatic carbocycles. The summed E-state index contributed by atoms with van der Waals surface area (Å²) >= 11 is 3.91. The van der Waals surface area contributed by atoms with Gasteiger partial charge in [-0.2, -0.15) is 12.6 Å². The summed E-state index contributed by atoms with van der Waals surface area (Å²) in [6.45, 7) is 3.30. The van der Waals surface area contributed by atoms with Crippen molar-refractivity contribution < 1.29 is 29.1 Å². The molecule has 12 heteroatoms. The van der Waals surface area contributed by atoms with Crippen LogP contribution in [0.1, 0.15) is 25.8 Å². The highest BCUT2D eigenvalue weighted by atomic mass is 32.1. The van der Waals surface area contributed by atoms with Gasteiger partial charge in [-0.15, -0.1) is 0 Å². The van der Waals surface area contributed by atoms with Crippen LogP contribution in [0.5, 0.6) is 0 Å². The van der Waals surface area contributed by atoms with Gasteiger partial charge in [0.25, 0.3) is 0 Å². The molecule has 1 aromatic rings. The first-order chi connectivity index (χ1) is 15.5. The van der Waals surface area contributed by atoms with Crippen molar-refractivity contribution in [1.29, 1.82) is 0 Å². The van der Waals surface area contributed by atoms with Crippen molar-refractivity contribution in [2.24, 2.45) is 17.4 Å². The molecule has 182 valence electrons. The largest absolute Gasteiger partial charge is 0.480 e. The zero-order valence-electron chi connectivity index (χ0n) is 18.5. The highest BCUT2D eigenvalue weighted by Crippen LogP contribution is 2.08. The van der Waals surface area contributed by atoms with Crippen LogP contribution in [0.4, 0.5) is 0 Å². The molecule has 4 amide bonds. The number of primary amides is 1. The van der Waals surface area contributed by atoms with Crippen molar-refractivity contribution in [3.63, 3.8) is 0 Å². The van der Waals surface area contributed by atoms with E-state index in [1.807, 2.05) is 0 Å². The number of rotatable bonds is 13. The van der Waals surface area contributed by atoms with Crippen LogP contribution < -0.4 is 27.4 Å². The number of aliphatic carboxylic acids is 1. The maximum absolute atomic E-state index is 12.8. The third kappa shape index (κ3) is 9.49. The van der Waals surface area contributed by atoms with Gasteiger partial charge in [0.1, 0.15) is 18.1 Å². The lowest BCUT2D eigenvalue weighted by molar-refractivity contribution is -0.142. The first-order valence-corrected chi connectivity index (χ1v) is 10.9. The summed E-state index contributed by atoms with van der Waals surface area (Å²) in [7, 11) is 0. The third-order valence-electron chi connectivity index (χ3n) is 4.72. The molecule has 0 aromatic heterocycles. The van der Waals surface area contributed by atoms with E-state index < -0.39 is 66.1 Å². The fraction of sp³-hybridized carbons (Fsp3) is 0.476. The molecule has 0 aliphatic heterocycles. The Morgan fingerprint density at radius 1 is 0.939 bits per heavy atom. The molecule has 8 N–H and O–H groups in total. The minimum absolute atomic E-state index is 0.00571. The van der Waals surface area contributed by atoms with Gasteiger partial charge in [0, 0.05) is 12.2 Å². The highest BCUT2D eigenvalue weighted by Gasteiger charge is 2.32. The summed E-state index contributed by atoms with van der Waals surface area (Å²) in [5, 5.41) is 16.8. The summed E-state index contributed by atoms with van der Waals surface area (Å²) in [5.74, 6) is -4.80. The SMILES string of the molecule is CC(C)C(NC(=O)C(CC(N)=O)NC(=O)C(N)CS)C(=O)NC(Cc1ccccc1)C(=O)O. The zero-order valence-corrected chi connectivity index (χ0v) is 19.4. The van der Waals surface area contributed by atoms with Gasteiger partial charge in [-0.25, -0.2) is 4.79 Å². The Balaban J connectivity index is 2.96. The van der Waals surface area contributed by atoms with Gasteiger partial charge < -0.3 is 32.5 Å². The van der Waals surface area contributed by atoms with Crippen molar-refractivity contribution in [3.8, 4) is 0 Å². The average Bonchev–Trinajstić information content (AvgIpc) is 2.75. The number of nitrogens with one attached hydrogen (secondary N) is 3. The molecule has 0 aliphatic rings. The number of nitrogens with two attached hydrogens (primary N) is 2. The minimum Gasteiger partial charge on any atom is -0.480 e. The predicted octanol–water partition coefficient (Wildman–Crippen LogP) is -1.44. The predicted molar refractivity (Wildman–Crippen MR) is 124 cm³/mol. The van der Waals surface area contributed by atoms with E-state index in [-0.39, 0.29) is 12.2 Å². The molecule has 0 fully saturated rings. The van der Waals surface area contributed by atoms with Crippen molar-refractivity contribution in [2.45, 2.75) is 50.9 Å². The molecule has 0 heterocycles. The van der Waals surface area contributed by atoms with Gasteiger partial charge in [0.05, 0.1) is 12.5 Å². The van der Waals surface area contributed by atoms with Crippen LogP contribution in [0.2, 0.25) is 0 Å². The molecule has 1 aromatic carbocycles. The van der Waals surface area contributed by atoms with E-state index in [4.69, 9.17) is 11.5 Å². The normalized spacial score (nSPS) is 14.5. The fourth-order valence-electron chi connectivity index (χ4n) is 2.87. The second kappa shape index (κ2) is 13.4. The van der Waals surface area contributed by atoms with Gasteiger partial charge in [-0.05, 0) is 11.5 Å². The molecule has 0 spiro atoms. The van der Waals surface area contributed by atoms with Crippen molar-refractivity contribution in [1.82, 2.24) is 16.0 Å². The topological polar surface area (TPSA) is 194 Å². The van der Waals surface area contributed by atoms with E-state index in [0.29, 0.717) is 5.56 Å². The molecule has 4 atom stereocenters. The van der Waals surface area contributed by atoms with Gasteiger partial charge in [0.15, 0.2) is 0 Å². The maximum Gasteiger partial charge on any atom is 0.326 e. The Kier molecular flexibility index (Phi) is 11.4. The van der Waals surface area contributed by atoms with Crippen LogP contribution in [-0.4, -0.2) is 64.6 Å². The zero-order chi connectivity index (χ0) is 25.1. The van der Waals surface area contributed by atoms with Crippen LogP contribution in [0, 0.1) is 5.92 Å². The number of carboxylic acids is 1. The third-order valence-corrected chi connectivity index (χ3v) is 5.11. The smallest absolute Gasteiger partial charge is 0.326 e. The number of benzene rings is 1. The van der Waals surface area contributed by atoms with Gasteiger partial charge >= 0.3 is 5.97 Å². The molecular formula is C21H31N5O6S. The Bertz CT molecular complexity index is 851. The number of carbonyl (C=O) groups excluding carboxylic acids is 4. The first kappa shape index (κ1) is 27.9. The summed E-state index contributed by atoms with van der Waals surface area (Å²) in [5.41, 5.74) is 11.5. The molecule has 0 saturated heterocycles. The molecule has 0 saturated carbocycles. The Morgan fingerprint density at radius 3 is 2.00 bits per heavy atom. The fourth-order valence-corrected chi connectivity index (χ4v) is 3.04. The van der Waals surface area contributed by atoms with E-state index in [1.54, 1.807) is 44.2 Å². The summed E-state index contributed by atoms with van der Waals surface area (Å²) in [6, 6.07) is 4.00. The van der Waals surface area contributed by atoms with E-state index >= 15 is 0 Å².